The molecule has 1 aromatic heterocycles. The van der Waals surface area contributed by atoms with Gasteiger partial charge >= 0.3 is 5.97 Å². The number of ether oxygens (including phenoxy) is 1. The minimum Gasteiger partial charge on any atom is -0.465 e. The largest absolute Gasteiger partial charge is 0.465 e. The van der Waals surface area contributed by atoms with Gasteiger partial charge < -0.3 is 4.74 Å². The Hall–Kier alpha value is -1.80. The first-order chi connectivity index (χ1) is 8.20. The van der Waals surface area contributed by atoms with Crippen LogP contribution in [0.4, 0.5) is 0 Å². The lowest BCUT2D eigenvalue weighted by atomic mass is 10.4. The molecule has 1 aromatic rings. The molecule has 1 aliphatic heterocycles. The molecular formula is C12H11NO3S. The molecule has 1 fully saturated rings. The van der Waals surface area contributed by atoms with Crippen molar-refractivity contribution < 1.29 is 14.3 Å². The normalized spacial score (nSPS) is 14.4. The van der Waals surface area contributed by atoms with Crippen molar-refractivity contribution in [2.24, 2.45) is 0 Å². The van der Waals surface area contributed by atoms with Crippen molar-refractivity contribution in [3.63, 3.8) is 0 Å². The van der Waals surface area contributed by atoms with Gasteiger partial charge in [0.2, 0.25) is 5.91 Å². The number of thiophene rings is 1. The van der Waals surface area contributed by atoms with Crippen molar-refractivity contribution in [2.45, 2.75) is 12.8 Å². The van der Waals surface area contributed by atoms with Gasteiger partial charge in [-0.25, -0.2) is 4.79 Å². The summed E-state index contributed by atoms with van der Waals surface area (Å²) in [7, 11) is 1.34. The number of rotatable bonds is 1. The molecule has 5 heteroatoms. The summed E-state index contributed by atoms with van der Waals surface area (Å²) in [5.41, 5.74) is 0. The van der Waals surface area contributed by atoms with Gasteiger partial charge in [0.25, 0.3) is 0 Å². The molecular weight excluding hydrogens is 238 g/mol. The average molecular weight is 249 g/mol. The molecule has 0 N–H and O–H groups in total. The zero-order valence-corrected chi connectivity index (χ0v) is 10.2. The van der Waals surface area contributed by atoms with E-state index in [-0.39, 0.29) is 11.9 Å². The van der Waals surface area contributed by atoms with E-state index in [1.807, 2.05) is 0 Å². The van der Waals surface area contributed by atoms with Crippen molar-refractivity contribution in [1.82, 2.24) is 4.90 Å². The zero-order valence-electron chi connectivity index (χ0n) is 9.36. The summed E-state index contributed by atoms with van der Waals surface area (Å²) in [5, 5.41) is 0. The fourth-order valence-electron chi connectivity index (χ4n) is 1.50. The molecule has 0 radical (unpaired) electrons. The number of methoxy groups -OCH3 is 1. The predicted molar refractivity (Wildman–Crippen MR) is 63.5 cm³/mol. The Morgan fingerprint density at radius 2 is 2.35 bits per heavy atom. The summed E-state index contributed by atoms with van der Waals surface area (Å²) in [6.45, 7) is 0.696. The first kappa shape index (κ1) is 11.7. The van der Waals surface area contributed by atoms with Crippen LogP contribution in [-0.2, 0) is 9.53 Å². The Labute approximate surface area is 103 Å². The van der Waals surface area contributed by atoms with Crippen LogP contribution in [0.2, 0.25) is 0 Å². The maximum atomic E-state index is 11.3. The van der Waals surface area contributed by atoms with Crippen LogP contribution < -0.4 is 0 Å². The molecule has 0 aromatic carbocycles. The van der Waals surface area contributed by atoms with E-state index in [9.17, 15) is 9.59 Å². The molecule has 17 heavy (non-hydrogen) atoms. The van der Waals surface area contributed by atoms with Gasteiger partial charge in [0.15, 0.2) is 0 Å². The van der Waals surface area contributed by atoms with E-state index < -0.39 is 0 Å². The fourth-order valence-corrected chi connectivity index (χ4v) is 2.28. The topological polar surface area (TPSA) is 46.6 Å². The number of carbonyl (C=O) groups is 2. The Balaban J connectivity index is 2.09. The van der Waals surface area contributed by atoms with Crippen LogP contribution >= 0.6 is 11.3 Å². The van der Waals surface area contributed by atoms with Crippen molar-refractivity contribution in [3.8, 4) is 12.0 Å². The summed E-state index contributed by atoms with van der Waals surface area (Å²) >= 11 is 1.26. The van der Waals surface area contributed by atoms with Crippen LogP contribution in [0.25, 0.3) is 0 Å². The molecule has 0 spiro atoms. The predicted octanol–water partition coefficient (Wildman–Crippen LogP) is 1.47. The molecule has 2 heterocycles. The van der Waals surface area contributed by atoms with Crippen LogP contribution in [0.5, 0.6) is 0 Å². The second kappa shape index (κ2) is 5.02. The van der Waals surface area contributed by atoms with Crippen LogP contribution in [-0.4, -0.2) is 30.4 Å². The Bertz CT molecular complexity index is 509. The molecule has 0 atom stereocenters. The Morgan fingerprint density at radius 3 is 3.00 bits per heavy atom. The van der Waals surface area contributed by atoms with Crippen molar-refractivity contribution >= 4 is 23.2 Å². The summed E-state index contributed by atoms with van der Waals surface area (Å²) in [4.78, 5) is 25.3. The molecule has 0 aliphatic carbocycles. The first-order valence-corrected chi connectivity index (χ1v) is 6.02. The Morgan fingerprint density at radius 1 is 1.53 bits per heavy atom. The molecule has 0 unspecified atom stereocenters. The standard InChI is InChI=1S/C12H11NO3S/c1-16-12(15)10-5-4-9(17-10)6-8-13-7-2-3-11(13)14/h4-5H,2-3,7H2,1H3. The number of amides is 1. The van der Waals surface area contributed by atoms with Gasteiger partial charge in [-0.15, -0.1) is 11.3 Å². The SMILES string of the molecule is COC(=O)c1ccc(C#CN2CCCC2=O)s1. The number of likely N-dealkylation sites (tertiary alicyclic amines) is 1. The minimum atomic E-state index is -0.361. The fraction of sp³-hybridized carbons (Fsp3) is 0.333. The van der Waals surface area contributed by atoms with E-state index in [2.05, 4.69) is 16.7 Å². The number of nitrogens with zero attached hydrogens (tertiary/aromatic N) is 1. The zero-order chi connectivity index (χ0) is 12.3. The van der Waals surface area contributed by atoms with Crippen molar-refractivity contribution in [1.29, 1.82) is 0 Å². The highest BCUT2D eigenvalue weighted by Crippen LogP contribution is 2.16. The van der Waals surface area contributed by atoms with Crippen molar-refractivity contribution in [3.05, 3.63) is 21.9 Å². The van der Waals surface area contributed by atoms with Crippen LogP contribution in [0.15, 0.2) is 12.1 Å². The lowest BCUT2D eigenvalue weighted by molar-refractivity contribution is -0.124. The summed E-state index contributed by atoms with van der Waals surface area (Å²) in [5.74, 6) is 2.59. The smallest absolute Gasteiger partial charge is 0.348 e. The number of hydrogen-bond donors (Lipinski definition) is 0. The van der Waals surface area contributed by atoms with E-state index in [0.717, 1.165) is 11.3 Å². The van der Waals surface area contributed by atoms with Crippen LogP contribution in [0, 0.1) is 12.0 Å². The monoisotopic (exact) mass is 249 g/mol. The van der Waals surface area contributed by atoms with Crippen LogP contribution in [0.1, 0.15) is 27.4 Å². The third-order valence-corrected chi connectivity index (χ3v) is 3.36. The second-order valence-corrected chi connectivity index (χ2v) is 4.62. The van der Waals surface area contributed by atoms with E-state index in [4.69, 9.17) is 0 Å². The molecule has 1 saturated heterocycles. The summed E-state index contributed by atoms with van der Waals surface area (Å²) in [6, 6.07) is 6.24. The first-order valence-electron chi connectivity index (χ1n) is 5.21. The van der Waals surface area contributed by atoms with Gasteiger partial charge in [0.05, 0.1) is 12.0 Å². The van der Waals surface area contributed by atoms with Gasteiger partial charge in [-0.3, -0.25) is 9.69 Å². The highest BCUT2D eigenvalue weighted by atomic mass is 32.1. The van der Waals surface area contributed by atoms with E-state index in [0.29, 0.717) is 17.8 Å². The minimum absolute atomic E-state index is 0.0715. The van der Waals surface area contributed by atoms with Gasteiger partial charge in [-0.05, 0) is 24.5 Å². The highest BCUT2D eigenvalue weighted by molar-refractivity contribution is 7.14. The Kier molecular flexibility index (Phi) is 3.45. The molecule has 0 bridgehead atoms. The van der Waals surface area contributed by atoms with E-state index in [1.54, 1.807) is 12.1 Å². The number of esters is 1. The highest BCUT2D eigenvalue weighted by Gasteiger charge is 2.17. The molecule has 1 amide bonds. The second-order valence-electron chi connectivity index (χ2n) is 3.54. The van der Waals surface area contributed by atoms with Crippen molar-refractivity contribution in [2.75, 3.05) is 13.7 Å². The number of hydrogen-bond acceptors (Lipinski definition) is 4. The van der Waals surface area contributed by atoms with Gasteiger partial charge in [0.1, 0.15) is 4.88 Å². The molecule has 2 rings (SSSR count). The third-order valence-electron chi connectivity index (χ3n) is 2.38. The van der Waals surface area contributed by atoms with Crippen LogP contribution in [0.3, 0.4) is 0 Å². The molecule has 1 aliphatic rings. The number of carbonyl (C=O) groups excluding carboxylic acids is 2. The lowest BCUT2D eigenvalue weighted by Gasteiger charge is -2.02. The maximum Gasteiger partial charge on any atom is 0.348 e. The average Bonchev–Trinajstić information content (AvgIpc) is 2.94. The maximum absolute atomic E-state index is 11.3. The van der Waals surface area contributed by atoms with Gasteiger partial charge in [0, 0.05) is 19.0 Å². The van der Waals surface area contributed by atoms with E-state index in [1.165, 1.54) is 23.3 Å². The quantitative estimate of drug-likeness (QED) is 0.559. The van der Waals surface area contributed by atoms with Gasteiger partial charge in [-0.2, -0.15) is 0 Å². The summed E-state index contributed by atoms with van der Waals surface area (Å²) < 4.78 is 4.60. The lowest BCUT2D eigenvalue weighted by Crippen LogP contribution is -2.17. The molecule has 88 valence electrons. The van der Waals surface area contributed by atoms with E-state index >= 15 is 0 Å². The molecule has 0 saturated carbocycles. The summed E-state index contributed by atoms with van der Waals surface area (Å²) in [6.07, 6.45) is 1.44. The van der Waals surface area contributed by atoms with Gasteiger partial charge in [-0.1, -0.05) is 0 Å². The third kappa shape index (κ3) is 2.66. The molecule has 4 nitrogen and oxygen atoms in total.